The van der Waals surface area contributed by atoms with Crippen molar-refractivity contribution in [3.8, 4) is 0 Å². The first-order valence-corrected chi connectivity index (χ1v) is 8.87. The summed E-state index contributed by atoms with van der Waals surface area (Å²) in [6.07, 6.45) is 0.908. The van der Waals surface area contributed by atoms with Crippen LogP contribution in [0, 0.1) is 0 Å². The maximum absolute atomic E-state index is 5.30. The average molecular weight is 221 g/mol. The summed E-state index contributed by atoms with van der Waals surface area (Å²) < 4.78 is 5.30. The molecule has 0 amide bonds. The molecule has 0 saturated carbocycles. The molecule has 0 N–H and O–H groups in total. The van der Waals surface area contributed by atoms with Gasteiger partial charge in [-0.1, -0.05) is 37.8 Å². The largest absolute Gasteiger partial charge is 0.481 e. The van der Waals surface area contributed by atoms with Crippen LogP contribution in [0.2, 0.25) is 19.6 Å². The van der Waals surface area contributed by atoms with Crippen LogP contribution in [0.15, 0.2) is 35.3 Å². The molecule has 0 spiro atoms. The van der Waals surface area contributed by atoms with Gasteiger partial charge in [0.25, 0.3) is 0 Å². The molecule has 0 bridgehead atoms. The molecule has 1 rings (SSSR count). The summed E-state index contributed by atoms with van der Waals surface area (Å²) in [6, 6.07) is 10.0. The van der Waals surface area contributed by atoms with Gasteiger partial charge in [0.15, 0.2) is 0 Å². The maximum Gasteiger partial charge on any atom is 0.215 e. The lowest BCUT2D eigenvalue weighted by Crippen LogP contribution is -2.26. The van der Waals surface area contributed by atoms with Crippen LogP contribution in [0.5, 0.6) is 0 Å². The van der Waals surface area contributed by atoms with Crippen molar-refractivity contribution >= 4 is 14.0 Å². The van der Waals surface area contributed by atoms with Crippen molar-refractivity contribution in [1.29, 1.82) is 0 Å². The van der Waals surface area contributed by atoms with Crippen LogP contribution in [0.3, 0.4) is 0 Å². The third-order valence-corrected chi connectivity index (χ3v) is 3.02. The molecule has 0 radical (unpaired) electrons. The van der Waals surface area contributed by atoms with E-state index in [9.17, 15) is 0 Å². The molecule has 0 unspecified atom stereocenters. The molecule has 0 aliphatic carbocycles. The fraction of sp³-hybridized carbons (Fsp3) is 0.417. The molecular formula is C12H19NOSi. The lowest BCUT2D eigenvalue weighted by Gasteiger charge is -2.13. The van der Waals surface area contributed by atoms with Gasteiger partial charge in [-0.05, 0) is 12.1 Å². The second-order valence-electron chi connectivity index (χ2n) is 4.75. The fourth-order valence-corrected chi connectivity index (χ4v) is 1.78. The summed E-state index contributed by atoms with van der Waals surface area (Å²) in [5.74, 6) is 0.748. The van der Waals surface area contributed by atoms with Gasteiger partial charge < -0.3 is 4.74 Å². The van der Waals surface area contributed by atoms with E-state index in [1.807, 2.05) is 30.3 Å². The minimum atomic E-state index is -1.14. The lowest BCUT2D eigenvalue weighted by atomic mass is 10.2. The molecule has 1 aromatic rings. The number of hydrogen-bond donors (Lipinski definition) is 0. The third-order valence-electron chi connectivity index (χ3n) is 1.91. The van der Waals surface area contributed by atoms with Gasteiger partial charge in [0.2, 0.25) is 5.90 Å². The predicted octanol–water partition coefficient (Wildman–Crippen LogP) is 2.96. The standard InChI is InChI=1S/C12H19NOSi/c1-14-12(13-10-15(2,3)4)11-8-6-5-7-9-11/h5-9H,10H2,1-4H3/b13-12-. The Hall–Kier alpha value is -1.09. The van der Waals surface area contributed by atoms with Crippen molar-refractivity contribution in [2.75, 3.05) is 13.3 Å². The molecule has 0 fully saturated rings. The lowest BCUT2D eigenvalue weighted by molar-refractivity contribution is 0.403. The Labute approximate surface area is 93.0 Å². The maximum atomic E-state index is 5.30. The topological polar surface area (TPSA) is 21.6 Å². The van der Waals surface area contributed by atoms with Crippen molar-refractivity contribution in [2.24, 2.45) is 4.99 Å². The smallest absolute Gasteiger partial charge is 0.215 e. The molecular weight excluding hydrogens is 202 g/mol. The number of methoxy groups -OCH3 is 1. The third kappa shape index (κ3) is 4.30. The Balaban J connectivity index is 2.81. The number of nitrogens with zero attached hydrogens (tertiary/aromatic N) is 1. The van der Waals surface area contributed by atoms with Crippen LogP contribution in [0.25, 0.3) is 0 Å². The van der Waals surface area contributed by atoms with Crippen LogP contribution in [-0.2, 0) is 4.74 Å². The Morgan fingerprint density at radius 2 is 1.80 bits per heavy atom. The van der Waals surface area contributed by atoms with Crippen molar-refractivity contribution in [2.45, 2.75) is 19.6 Å². The zero-order valence-electron chi connectivity index (χ0n) is 9.95. The quantitative estimate of drug-likeness (QED) is 0.437. The molecule has 0 atom stereocenters. The van der Waals surface area contributed by atoms with Crippen molar-refractivity contribution in [1.82, 2.24) is 0 Å². The van der Waals surface area contributed by atoms with Gasteiger partial charge in [-0.15, -0.1) is 0 Å². The van der Waals surface area contributed by atoms with E-state index in [1.54, 1.807) is 7.11 Å². The Kier molecular flexibility index (Phi) is 4.09. The van der Waals surface area contributed by atoms with Gasteiger partial charge in [-0.2, -0.15) is 0 Å². The minimum absolute atomic E-state index is 0.748. The summed E-state index contributed by atoms with van der Waals surface area (Å²) in [4.78, 5) is 4.54. The van der Waals surface area contributed by atoms with Crippen LogP contribution in [0.1, 0.15) is 5.56 Å². The first-order valence-electron chi connectivity index (χ1n) is 5.17. The van der Waals surface area contributed by atoms with Gasteiger partial charge in [0.05, 0.1) is 15.2 Å². The van der Waals surface area contributed by atoms with Gasteiger partial charge in [-0.25, -0.2) is 0 Å². The molecule has 0 saturated heterocycles. The van der Waals surface area contributed by atoms with Gasteiger partial charge in [0, 0.05) is 11.7 Å². The molecule has 0 aliphatic heterocycles. The van der Waals surface area contributed by atoms with Crippen LogP contribution in [-0.4, -0.2) is 27.2 Å². The number of rotatable bonds is 3. The second-order valence-corrected chi connectivity index (χ2v) is 10.2. The van der Waals surface area contributed by atoms with E-state index in [1.165, 1.54) is 0 Å². The van der Waals surface area contributed by atoms with Crippen molar-refractivity contribution in [3.63, 3.8) is 0 Å². The van der Waals surface area contributed by atoms with E-state index in [0.717, 1.165) is 17.6 Å². The Bertz CT molecular complexity index is 327. The summed E-state index contributed by atoms with van der Waals surface area (Å²) in [7, 11) is 0.540. The van der Waals surface area contributed by atoms with E-state index in [2.05, 4.69) is 24.6 Å². The van der Waals surface area contributed by atoms with E-state index >= 15 is 0 Å². The summed E-state index contributed by atoms with van der Waals surface area (Å²) in [5.41, 5.74) is 1.05. The predicted molar refractivity (Wildman–Crippen MR) is 68.2 cm³/mol. The molecule has 15 heavy (non-hydrogen) atoms. The van der Waals surface area contributed by atoms with E-state index in [4.69, 9.17) is 4.74 Å². The number of aliphatic imine (C=N–C) groups is 1. The zero-order valence-corrected chi connectivity index (χ0v) is 10.9. The molecule has 2 nitrogen and oxygen atoms in total. The van der Waals surface area contributed by atoms with Crippen molar-refractivity contribution < 1.29 is 4.74 Å². The highest BCUT2D eigenvalue weighted by Crippen LogP contribution is 2.05. The molecule has 0 aliphatic rings. The van der Waals surface area contributed by atoms with E-state index < -0.39 is 8.07 Å². The molecule has 0 aromatic heterocycles. The SMILES string of the molecule is CO/C(=N\C[Si](C)(C)C)c1ccccc1. The monoisotopic (exact) mass is 221 g/mol. The van der Waals surface area contributed by atoms with E-state index in [-0.39, 0.29) is 0 Å². The minimum Gasteiger partial charge on any atom is -0.481 e. The van der Waals surface area contributed by atoms with Crippen LogP contribution < -0.4 is 0 Å². The first-order chi connectivity index (χ1) is 7.03. The molecule has 3 heteroatoms. The highest BCUT2D eigenvalue weighted by Gasteiger charge is 2.13. The summed E-state index contributed by atoms with van der Waals surface area (Å²) in [5, 5.41) is 0. The Morgan fingerprint density at radius 1 is 1.20 bits per heavy atom. The molecule has 0 heterocycles. The molecule has 1 aromatic carbocycles. The zero-order chi connectivity index (χ0) is 11.3. The summed E-state index contributed by atoms with van der Waals surface area (Å²) >= 11 is 0. The average Bonchev–Trinajstić information content (AvgIpc) is 2.19. The van der Waals surface area contributed by atoms with Crippen molar-refractivity contribution in [3.05, 3.63) is 35.9 Å². The number of benzene rings is 1. The first kappa shape index (κ1) is 12.0. The highest BCUT2D eigenvalue weighted by atomic mass is 28.3. The van der Waals surface area contributed by atoms with Gasteiger partial charge in [0.1, 0.15) is 0 Å². The van der Waals surface area contributed by atoms with Crippen LogP contribution in [0.4, 0.5) is 0 Å². The van der Waals surface area contributed by atoms with Gasteiger partial charge >= 0.3 is 0 Å². The fourth-order valence-electron chi connectivity index (χ4n) is 1.16. The second kappa shape index (κ2) is 5.12. The Morgan fingerprint density at radius 3 is 2.27 bits per heavy atom. The summed E-state index contributed by atoms with van der Waals surface area (Å²) in [6.45, 7) is 6.90. The normalized spacial score (nSPS) is 12.7. The number of ether oxygens (including phenoxy) is 1. The number of hydrogen-bond acceptors (Lipinski definition) is 2. The van der Waals surface area contributed by atoms with Crippen LogP contribution >= 0.6 is 0 Å². The van der Waals surface area contributed by atoms with E-state index in [0.29, 0.717) is 0 Å². The van der Waals surface area contributed by atoms with Gasteiger partial charge in [-0.3, -0.25) is 4.99 Å². The highest BCUT2D eigenvalue weighted by molar-refractivity contribution is 6.76. The molecule has 82 valence electrons.